The third-order valence-corrected chi connectivity index (χ3v) is 9.26. The molecule has 0 N–H and O–H groups in total. The first-order chi connectivity index (χ1) is 13.8. The van der Waals surface area contributed by atoms with Crippen molar-refractivity contribution >= 4 is 71.0 Å². The molecule has 1 aliphatic heterocycles. The van der Waals surface area contributed by atoms with E-state index in [1.807, 2.05) is 34.9 Å². The molecule has 0 saturated carbocycles. The second-order valence-electron chi connectivity index (χ2n) is 6.74. The predicted octanol–water partition coefficient (Wildman–Crippen LogP) is 9.10. The lowest BCUT2D eigenvalue weighted by Gasteiger charge is -2.21. The van der Waals surface area contributed by atoms with Gasteiger partial charge in [0.2, 0.25) is 0 Å². The highest BCUT2D eigenvalue weighted by Gasteiger charge is 2.20. The highest BCUT2D eigenvalue weighted by Crippen LogP contribution is 2.52. The number of fused-ring (bicyclic) bond motifs is 5. The first-order valence-electron chi connectivity index (χ1n) is 8.96. The minimum Gasteiger partial charge on any atom is -0.135 e. The van der Waals surface area contributed by atoms with E-state index in [1.54, 1.807) is 0 Å². The Morgan fingerprint density at radius 3 is 2.18 bits per heavy atom. The third kappa shape index (κ3) is 2.74. The van der Waals surface area contributed by atoms with Gasteiger partial charge in [0.1, 0.15) is 0 Å². The predicted molar refractivity (Wildman–Crippen MR) is 127 cm³/mol. The van der Waals surface area contributed by atoms with Crippen molar-refractivity contribution in [3.63, 3.8) is 0 Å². The summed E-state index contributed by atoms with van der Waals surface area (Å²) in [5.41, 5.74) is 2.61. The smallest absolute Gasteiger partial charge is 0.0356 e. The highest BCUT2D eigenvalue weighted by molar-refractivity contribution is 9.10. The summed E-state index contributed by atoms with van der Waals surface area (Å²) in [7, 11) is 0. The summed E-state index contributed by atoms with van der Waals surface area (Å²) in [6.45, 7) is 0. The van der Waals surface area contributed by atoms with E-state index in [1.165, 1.54) is 50.9 Å². The molecule has 28 heavy (non-hydrogen) atoms. The number of rotatable bonds is 1. The summed E-state index contributed by atoms with van der Waals surface area (Å²) < 4.78 is 3.81. The lowest BCUT2D eigenvalue weighted by Crippen LogP contribution is -1.92. The lowest BCUT2D eigenvalue weighted by atomic mass is 10.0. The second kappa shape index (κ2) is 6.67. The summed E-state index contributed by atoms with van der Waals surface area (Å²) in [4.78, 5) is 5.41. The van der Waals surface area contributed by atoms with Gasteiger partial charge < -0.3 is 0 Å². The van der Waals surface area contributed by atoms with Gasteiger partial charge in [0.25, 0.3) is 0 Å². The monoisotopic (exact) mass is 476 g/mol. The Morgan fingerprint density at radius 2 is 1.32 bits per heavy atom. The van der Waals surface area contributed by atoms with E-state index < -0.39 is 0 Å². The summed E-state index contributed by atoms with van der Waals surface area (Å²) in [6.07, 6.45) is 0. The molecule has 1 aliphatic rings. The molecule has 0 unspecified atom stereocenters. The maximum absolute atomic E-state index is 3.63. The van der Waals surface area contributed by atoms with Gasteiger partial charge in [0.05, 0.1) is 0 Å². The van der Waals surface area contributed by atoms with Crippen molar-refractivity contribution in [1.29, 1.82) is 0 Å². The van der Waals surface area contributed by atoms with Gasteiger partial charge in [-0.05, 0) is 59.7 Å². The largest absolute Gasteiger partial charge is 0.135 e. The highest BCUT2D eigenvalue weighted by atomic mass is 79.9. The van der Waals surface area contributed by atoms with Gasteiger partial charge in [-0.25, -0.2) is 0 Å². The lowest BCUT2D eigenvalue weighted by molar-refractivity contribution is 1.16. The molecule has 0 aliphatic carbocycles. The zero-order valence-electron chi connectivity index (χ0n) is 14.6. The van der Waals surface area contributed by atoms with Gasteiger partial charge in [0.15, 0.2) is 0 Å². The van der Waals surface area contributed by atoms with Crippen molar-refractivity contribution in [1.82, 2.24) is 0 Å². The van der Waals surface area contributed by atoms with Crippen molar-refractivity contribution in [2.24, 2.45) is 0 Å². The average Bonchev–Trinajstić information content (AvgIpc) is 3.09. The van der Waals surface area contributed by atoms with Crippen molar-refractivity contribution in [2.75, 3.05) is 0 Å². The fourth-order valence-electron chi connectivity index (χ4n) is 3.69. The first kappa shape index (κ1) is 17.2. The number of thiophene rings is 1. The van der Waals surface area contributed by atoms with Gasteiger partial charge in [0, 0.05) is 44.2 Å². The summed E-state index contributed by atoms with van der Waals surface area (Å²) in [5, 5.41) is 2.67. The first-order valence-corrected chi connectivity index (χ1v) is 12.2. The molecular formula is C24H13BrS3. The summed E-state index contributed by atoms with van der Waals surface area (Å²) in [5.74, 6) is 0. The number of hydrogen-bond acceptors (Lipinski definition) is 3. The Hall–Kier alpha value is -1.72. The quantitative estimate of drug-likeness (QED) is 0.232. The molecule has 0 fully saturated rings. The van der Waals surface area contributed by atoms with Crippen LogP contribution in [0.2, 0.25) is 0 Å². The Kier molecular flexibility index (Phi) is 4.09. The van der Waals surface area contributed by atoms with E-state index in [9.17, 15) is 0 Å². The van der Waals surface area contributed by atoms with Crippen LogP contribution in [0.1, 0.15) is 0 Å². The van der Waals surface area contributed by atoms with Gasteiger partial charge in [-0.3, -0.25) is 0 Å². The molecule has 0 saturated heterocycles. The fourth-order valence-corrected chi connectivity index (χ4v) is 7.52. The topological polar surface area (TPSA) is 0 Å². The average molecular weight is 477 g/mol. The second-order valence-corrected chi connectivity index (χ2v) is 10.9. The Balaban J connectivity index is 1.55. The summed E-state index contributed by atoms with van der Waals surface area (Å²) >= 11 is 9.26. The van der Waals surface area contributed by atoms with Gasteiger partial charge >= 0.3 is 0 Å². The van der Waals surface area contributed by atoms with E-state index in [2.05, 4.69) is 94.8 Å². The van der Waals surface area contributed by atoms with E-state index in [4.69, 9.17) is 0 Å². The number of benzene rings is 4. The zero-order valence-corrected chi connectivity index (χ0v) is 18.6. The van der Waals surface area contributed by atoms with E-state index in [-0.39, 0.29) is 0 Å². The molecule has 0 amide bonds. The molecule has 0 spiro atoms. The van der Waals surface area contributed by atoms with Crippen molar-refractivity contribution in [2.45, 2.75) is 19.6 Å². The molecular weight excluding hydrogens is 464 g/mol. The fraction of sp³-hybridized carbons (Fsp3) is 0. The Bertz CT molecular complexity index is 1380. The minimum absolute atomic E-state index is 1.13. The molecule has 1 aromatic heterocycles. The van der Waals surface area contributed by atoms with Crippen molar-refractivity contribution in [3.05, 3.63) is 83.3 Å². The van der Waals surface area contributed by atoms with Gasteiger partial charge in [-0.2, -0.15) is 0 Å². The maximum Gasteiger partial charge on any atom is 0.0356 e. The van der Waals surface area contributed by atoms with Crippen LogP contribution in [0, 0.1) is 0 Å². The molecule has 134 valence electrons. The zero-order chi connectivity index (χ0) is 18.7. The Morgan fingerprint density at radius 1 is 0.607 bits per heavy atom. The van der Waals surface area contributed by atoms with Crippen LogP contribution in [-0.2, 0) is 0 Å². The van der Waals surface area contributed by atoms with Crippen LogP contribution in [0.15, 0.2) is 103 Å². The molecule has 2 heterocycles. The normalized spacial score (nSPS) is 12.9. The van der Waals surface area contributed by atoms with E-state index >= 15 is 0 Å². The minimum atomic E-state index is 1.13. The van der Waals surface area contributed by atoms with E-state index in [0.717, 1.165) is 4.47 Å². The van der Waals surface area contributed by atoms with Crippen LogP contribution < -0.4 is 0 Å². The summed E-state index contributed by atoms with van der Waals surface area (Å²) in [6, 6.07) is 28.8. The molecule has 5 aromatic rings. The molecule has 0 nitrogen and oxygen atoms in total. The maximum atomic E-state index is 3.63. The van der Waals surface area contributed by atoms with Crippen LogP contribution in [0.25, 0.3) is 31.3 Å². The number of halogens is 1. The Labute approximate surface area is 184 Å². The molecule has 0 bridgehead atoms. The molecule has 0 atom stereocenters. The van der Waals surface area contributed by atoms with E-state index in [0.29, 0.717) is 0 Å². The van der Waals surface area contributed by atoms with Crippen LogP contribution in [-0.4, -0.2) is 0 Å². The van der Waals surface area contributed by atoms with Crippen LogP contribution in [0.4, 0.5) is 0 Å². The van der Waals surface area contributed by atoms with Crippen molar-refractivity contribution < 1.29 is 0 Å². The van der Waals surface area contributed by atoms with Gasteiger partial charge in [-0.1, -0.05) is 69.8 Å². The molecule has 4 aromatic carbocycles. The van der Waals surface area contributed by atoms with Crippen molar-refractivity contribution in [3.8, 4) is 11.1 Å². The SMILES string of the molecule is Brc1ccc2sc3ccc(-c4cccc5c4Sc4ccccc4S5)cc3c2c1. The molecule has 0 radical (unpaired) electrons. The van der Waals surface area contributed by atoms with Crippen LogP contribution in [0.3, 0.4) is 0 Å². The number of hydrogen-bond donors (Lipinski definition) is 0. The van der Waals surface area contributed by atoms with Gasteiger partial charge in [-0.15, -0.1) is 11.3 Å². The van der Waals surface area contributed by atoms with Crippen LogP contribution in [0.5, 0.6) is 0 Å². The molecule has 6 rings (SSSR count). The standard InChI is InChI=1S/C24H13BrS3/c25-15-9-11-20-18(13-15)17-12-14(8-10-19(17)26-20)16-4-3-7-23-24(16)28-22-6-2-1-5-21(22)27-23/h1-13H. The third-order valence-electron chi connectivity index (χ3n) is 5.00. The van der Waals surface area contributed by atoms with Crippen LogP contribution >= 0.6 is 50.8 Å². The molecule has 4 heteroatoms.